The van der Waals surface area contributed by atoms with Gasteiger partial charge in [-0.3, -0.25) is 4.99 Å². The van der Waals surface area contributed by atoms with Crippen molar-refractivity contribution in [2.24, 2.45) is 10.7 Å². The summed E-state index contributed by atoms with van der Waals surface area (Å²) in [5, 5.41) is 10.3. The molecule has 2 rings (SSSR count). The van der Waals surface area contributed by atoms with E-state index in [1.54, 1.807) is 0 Å². The Labute approximate surface area is 125 Å². The predicted molar refractivity (Wildman–Crippen MR) is 79.3 cm³/mol. The molecule has 6 nitrogen and oxygen atoms in total. The van der Waals surface area contributed by atoms with E-state index < -0.39 is 5.60 Å². The molecule has 2 saturated heterocycles. The van der Waals surface area contributed by atoms with Crippen LogP contribution in [0, 0.1) is 0 Å². The summed E-state index contributed by atoms with van der Waals surface area (Å²) in [6.45, 7) is 5.65. The summed E-state index contributed by atoms with van der Waals surface area (Å²) in [4.78, 5) is 6.27. The third-order valence-electron chi connectivity index (χ3n) is 3.51. The van der Waals surface area contributed by atoms with E-state index in [1.165, 1.54) is 0 Å². The van der Waals surface area contributed by atoms with Crippen LogP contribution in [0.3, 0.4) is 0 Å². The molecule has 0 amide bonds. The van der Waals surface area contributed by atoms with Gasteiger partial charge in [0.25, 0.3) is 0 Å². The minimum absolute atomic E-state index is 0. The maximum absolute atomic E-state index is 10.3. The quantitative estimate of drug-likeness (QED) is 0.399. The van der Waals surface area contributed by atoms with E-state index in [4.69, 9.17) is 15.2 Å². The van der Waals surface area contributed by atoms with Crippen molar-refractivity contribution in [3.63, 3.8) is 0 Å². The Morgan fingerprint density at radius 3 is 2.67 bits per heavy atom. The zero-order chi connectivity index (χ0) is 12.3. The molecule has 0 aromatic carbocycles. The number of rotatable bonds is 2. The molecule has 0 bridgehead atoms. The predicted octanol–water partition coefficient (Wildman–Crippen LogP) is -0.209. The number of aliphatic imine (C=N–C) groups is 1. The van der Waals surface area contributed by atoms with Crippen LogP contribution in [-0.4, -0.2) is 67.1 Å². The highest BCUT2D eigenvalue weighted by Gasteiger charge is 2.39. The molecule has 0 aliphatic carbocycles. The van der Waals surface area contributed by atoms with Crippen molar-refractivity contribution in [2.75, 3.05) is 39.5 Å². The molecular weight excluding hydrogens is 349 g/mol. The van der Waals surface area contributed by atoms with E-state index in [9.17, 15) is 5.11 Å². The maximum atomic E-state index is 10.3. The second-order valence-electron chi connectivity index (χ2n) is 4.64. The van der Waals surface area contributed by atoms with E-state index >= 15 is 0 Å². The van der Waals surface area contributed by atoms with Crippen molar-refractivity contribution in [3.05, 3.63) is 0 Å². The Hall–Kier alpha value is -0.120. The normalized spacial score (nSPS) is 33.3. The number of aliphatic hydroxyl groups is 1. The van der Waals surface area contributed by atoms with Gasteiger partial charge in [-0.05, 0) is 6.92 Å². The van der Waals surface area contributed by atoms with Gasteiger partial charge in [0.05, 0.1) is 25.9 Å². The van der Waals surface area contributed by atoms with E-state index in [0.717, 1.165) is 13.1 Å². The Bertz CT molecular complexity index is 297. The van der Waals surface area contributed by atoms with Crippen LogP contribution in [0.2, 0.25) is 0 Å². The van der Waals surface area contributed by atoms with Gasteiger partial charge in [-0.25, -0.2) is 0 Å². The van der Waals surface area contributed by atoms with E-state index in [-0.39, 0.29) is 30.1 Å². The number of ether oxygens (including phenoxy) is 2. The summed E-state index contributed by atoms with van der Waals surface area (Å²) in [5.74, 6) is 0.487. The SMILES string of the molecule is CC1OCCC1(O)CN=C(N)N1CCOCC1.I. The molecule has 2 aliphatic rings. The van der Waals surface area contributed by atoms with Gasteiger partial charge in [0, 0.05) is 26.1 Å². The highest BCUT2D eigenvalue weighted by Crippen LogP contribution is 2.25. The smallest absolute Gasteiger partial charge is 0.191 e. The van der Waals surface area contributed by atoms with Gasteiger partial charge in [0.1, 0.15) is 5.60 Å². The van der Waals surface area contributed by atoms with E-state index in [2.05, 4.69) is 4.99 Å². The molecule has 2 aliphatic heterocycles. The number of hydrogen-bond donors (Lipinski definition) is 2. The van der Waals surface area contributed by atoms with Gasteiger partial charge in [0.2, 0.25) is 0 Å². The third kappa shape index (κ3) is 3.69. The fraction of sp³-hybridized carbons (Fsp3) is 0.909. The number of nitrogens with two attached hydrogens (primary N) is 1. The van der Waals surface area contributed by atoms with Crippen molar-refractivity contribution >= 4 is 29.9 Å². The lowest BCUT2D eigenvalue weighted by Gasteiger charge is -2.29. The first-order valence-corrected chi connectivity index (χ1v) is 6.08. The highest BCUT2D eigenvalue weighted by atomic mass is 127. The first-order chi connectivity index (χ1) is 8.12. The first-order valence-electron chi connectivity index (χ1n) is 6.08. The zero-order valence-electron chi connectivity index (χ0n) is 10.7. The van der Waals surface area contributed by atoms with Crippen molar-refractivity contribution < 1.29 is 14.6 Å². The Morgan fingerprint density at radius 1 is 1.44 bits per heavy atom. The van der Waals surface area contributed by atoms with Gasteiger partial charge in [-0.15, -0.1) is 24.0 Å². The largest absolute Gasteiger partial charge is 0.385 e. The third-order valence-corrected chi connectivity index (χ3v) is 3.51. The van der Waals surface area contributed by atoms with Gasteiger partial charge < -0.3 is 25.2 Å². The summed E-state index contributed by atoms with van der Waals surface area (Å²) in [7, 11) is 0. The van der Waals surface area contributed by atoms with Crippen LogP contribution in [-0.2, 0) is 9.47 Å². The van der Waals surface area contributed by atoms with E-state index in [0.29, 0.717) is 38.7 Å². The first kappa shape index (κ1) is 15.9. The number of morpholine rings is 1. The van der Waals surface area contributed by atoms with Crippen LogP contribution in [0.15, 0.2) is 4.99 Å². The van der Waals surface area contributed by atoms with Crippen LogP contribution < -0.4 is 5.73 Å². The zero-order valence-corrected chi connectivity index (χ0v) is 13.0. The average Bonchev–Trinajstić information content (AvgIpc) is 2.68. The van der Waals surface area contributed by atoms with E-state index in [1.807, 2.05) is 11.8 Å². The molecule has 2 fully saturated rings. The van der Waals surface area contributed by atoms with Crippen molar-refractivity contribution in [3.8, 4) is 0 Å². The molecule has 0 radical (unpaired) electrons. The Morgan fingerprint density at radius 2 is 2.11 bits per heavy atom. The number of hydrogen-bond acceptors (Lipinski definition) is 4. The van der Waals surface area contributed by atoms with Crippen LogP contribution in [0.1, 0.15) is 13.3 Å². The summed E-state index contributed by atoms with van der Waals surface area (Å²) in [6, 6.07) is 0. The van der Waals surface area contributed by atoms with Crippen molar-refractivity contribution in [1.29, 1.82) is 0 Å². The van der Waals surface area contributed by atoms with Crippen LogP contribution >= 0.6 is 24.0 Å². The summed E-state index contributed by atoms with van der Waals surface area (Å²) < 4.78 is 10.6. The highest BCUT2D eigenvalue weighted by molar-refractivity contribution is 14.0. The number of guanidine groups is 1. The lowest BCUT2D eigenvalue weighted by Crippen LogP contribution is -2.46. The summed E-state index contributed by atoms with van der Waals surface area (Å²) in [5.41, 5.74) is 5.04. The van der Waals surface area contributed by atoms with Crippen molar-refractivity contribution in [1.82, 2.24) is 4.90 Å². The lowest BCUT2D eigenvalue weighted by molar-refractivity contribution is -0.0203. The topological polar surface area (TPSA) is 80.3 Å². The maximum Gasteiger partial charge on any atom is 0.191 e. The van der Waals surface area contributed by atoms with Crippen LogP contribution in [0.25, 0.3) is 0 Å². The Balaban J connectivity index is 0.00000162. The molecular formula is C11H22IN3O3. The fourth-order valence-electron chi connectivity index (χ4n) is 2.09. The number of nitrogens with zero attached hydrogens (tertiary/aromatic N) is 2. The molecule has 7 heteroatoms. The molecule has 106 valence electrons. The van der Waals surface area contributed by atoms with Crippen LogP contribution in [0.4, 0.5) is 0 Å². The van der Waals surface area contributed by atoms with Gasteiger partial charge in [-0.1, -0.05) is 0 Å². The molecule has 18 heavy (non-hydrogen) atoms. The molecule has 0 aromatic heterocycles. The second-order valence-corrected chi connectivity index (χ2v) is 4.64. The van der Waals surface area contributed by atoms with Gasteiger partial charge in [-0.2, -0.15) is 0 Å². The Kier molecular flexibility index (Phi) is 6.09. The molecule has 3 N–H and O–H groups in total. The van der Waals surface area contributed by atoms with Crippen LogP contribution in [0.5, 0.6) is 0 Å². The molecule has 2 atom stereocenters. The monoisotopic (exact) mass is 371 g/mol. The molecule has 2 heterocycles. The summed E-state index contributed by atoms with van der Waals surface area (Å²) >= 11 is 0. The molecule has 0 aromatic rings. The fourth-order valence-corrected chi connectivity index (χ4v) is 2.09. The summed E-state index contributed by atoms with van der Waals surface area (Å²) in [6.07, 6.45) is 0.442. The molecule has 0 spiro atoms. The van der Waals surface area contributed by atoms with Gasteiger partial charge >= 0.3 is 0 Å². The average molecular weight is 371 g/mol. The standard InChI is InChI=1S/C11H21N3O3.HI/c1-9-11(15,2-5-17-9)8-13-10(12)14-3-6-16-7-4-14;/h9,15H,2-8H2,1H3,(H2,12,13);1H. The number of halogens is 1. The van der Waals surface area contributed by atoms with Gasteiger partial charge in [0.15, 0.2) is 5.96 Å². The minimum atomic E-state index is -0.864. The molecule has 0 saturated carbocycles. The minimum Gasteiger partial charge on any atom is -0.385 e. The van der Waals surface area contributed by atoms with Crippen molar-refractivity contribution in [2.45, 2.75) is 25.0 Å². The molecule has 2 unspecified atom stereocenters. The lowest BCUT2D eigenvalue weighted by atomic mass is 9.97. The second kappa shape index (κ2) is 6.88.